The van der Waals surface area contributed by atoms with Crippen molar-refractivity contribution in [2.75, 3.05) is 19.6 Å². The number of nitrogens with zero attached hydrogens (tertiary/aromatic N) is 3. The Morgan fingerprint density at radius 1 is 1.33 bits per heavy atom. The zero-order valence-electron chi connectivity index (χ0n) is 12.5. The van der Waals surface area contributed by atoms with Gasteiger partial charge in [0.05, 0.1) is 6.20 Å². The fraction of sp³-hybridized carbons (Fsp3) is 0.786. The van der Waals surface area contributed by atoms with E-state index in [1.54, 1.807) is 7.05 Å². The van der Waals surface area contributed by atoms with Gasteiger partial charge in [-0.05, 0) is 31.7 Å². The lowest BCUT2D eigenvalue weighted by molar-refractivity contribution is 0.276. The van der Waals surface area contributed by atoms with E-state index in [-0.39, 0.29) is 10.9 Å². The van der Waals surface area contributed by atoms with Crippen LogP contribution in [0.25, 0.3) is 0 Å². The van der Waals surface area contributed by atoms with Crippen LogP contribution in [-0.4, -0.2) is 48.8 Å². The maximum Gasteiger partial charge on any atom is 0.243 e. The zero-order valence-corrected chi connectivity index (χ0v) is 13.3. The Bertz CT molecular complexity index is 578. The van der Waals surface area contributed by atoms with Crippen molar-refractivity contribution in [3.63, 3.8) is 0 Å². The molecule has 0 aromatic carbocycles. The molecule has 6 nitrogen and oxygen atoms in total. The topological polar surface area (TPSA) is 67.2 Å². The second-order valence-corrected chi connectivity index (χ2v) is 8.08. The summed E-state index contributed by atoms with van der Waals surface area (Å²) in [6, 6.07) is 0.0246. The molecule has 21 heavy (non-hydrogen) atoms. The zero-order chi connectivity index (χ0) is 14.9. The average molecular weight is 312 g/mol. The minimum atomic E-state index is -3.43. The molecular weight excluding hydrogens is 288 g/mol. The van der Waals surface area contributed by atoms with Crippen LogP contribution >= 0.6 is 0 Å². The first-order chi connectivity index (χ1) is 10.0. The lowest BCUT2D eigenvalue weighted by Crippen LogP contribution is -2.37. The van der Waals surface area contributed by atoms with Crippen molar-refractivity contribution in [2.24, 2.45) is 13.0 Å². The van der Waals surface area contributed by atoms with Crippen molar-refractivity contribution < 1.29 is 8.42 Å². The van der Waals surface area contributed by atoms with Crippen molar-refractivity contribution in [1.29, 1.82) is 0 Å². The molecule has 1 saturated carbocycles. The van der Waals surface area contributed by atoms with Gasteiger partial charge in [0.2, 0.25) is 10.0 Å². The van der Waals surface area contributed by atoms with Gasteiger partial charge in [-0.1, -0.05) is 12.8 Å². The molecule has 2 aliphatic rings. The van der Waals surface area contributed by atoms with Gasteiger partial charge in [0, 0.05) is 32.4 Å². The molecule has 1 saturated heterocycles. The number of aromatic nitrogens is 2. The highest BCUT2D eigenvalue weighted by atomic mass is 32.2. The third-order valence-electron chi connectivity index (χ3n) is 4.58. The van der Waals surface area contributed by atoms with Crippen LogP contribution in [0.1, 0.15) is 32.1 Å². The fourth-order valence-corrected chi connectivity index (χ4v) is 4.72. The van der Waals surface area contributed by atoms with E-state index in [4.69, 9.17) is 0 Å². The predicted molar refractivity (Wildman–Crippen MR) is 80.3 cm³/mol. The molecule has 3 rings (SSSR count). The average Bonchev–Trinajstić information content (AvgIpc) is 3.12. The maximum atomic E-state index is 12.3. The summed E-state index contributed by atoms with van der Waals surface area (Å²) >= 11 is 0. The van der Waals surface area contributed by atoms with Crippen LogP contribution < -0.4 is 4.72 Å². The molecule has 0 amide bonds. The summed E-state index contributed by atoms with van der Waals surface area (Å²) < 4.78 is 28.9. The summed E-state index contributed by atoms with van der Waals surface area (Å²) in [6.07, 6.45) is 9.21. The van der Waals surface area contributed by atoms with E-state index >= 15 is 0 Å². The van der Waals surface area contributed by atoms with Crippen molar-refractivity contribution in [1.82, 2.24) is 19.4 Å². The first kappa shape index (κ1) is 15.0. The van der Waals surface area contributed by atoms with Gasteiger partial charge in [0.25, 0.3) is 0 Å². The van der Waals surface area contributed by atoms with Crippen LogP contribution in [0.5, 0.6) is 0 Å². The molecule has 1 aliphatic heterocycles. The molecule has 1 atom stereocenters. The number of nitrogens with one attached hydrogen (secondary N) is 1. The van der Waals surface area contributed by atoms with Gasteiger partial charge in [-0.25, -0.2) is 13.1 Å². The molecule has 1 aromatic rings. The highest BCUT2D eigenvalue weighted by Crippen LogP contribution is 2.26. The van der Waals surface area contributed by atoms with Gasteiger partial charge in [0.15, 0.2) is 0 Å². The van der Waals surface area contributed by atoms with Crippen molar-refractivity contribution in [3.05, 3.63) is 12.4 Å². The maximum absolute atomic E-state index is 12.3. The van der Waals surface area contributed by atoms with E-state index in [2.05, 4.69) is 14.7 Å². The van der Waals surface area contributed by atoms with Crippen molar-refractivity contribution in [2.45, 2.75) is 43.0 Å². The summed E-state index contributed by atoms with van der Waals surface area (Å²) in [5.41, 5.74) is 0. The quantitative estimate of drug-likeness (QED) is 0.879. The van der Waals surface area contributed by atoms with Gasteiger partial charge in [-0.3, -0.25) is 4.68 Å². The van der Waals surface area contributed by atoms with E-state index in [1.165, 1.54) is 42.8 Å². The number of aryl methyl sites for hydroxylation is 1. The van der Waals surface area contributed by atoms with Crippen LogP contribution in [0.2, 0.25) is 0 Å². The first-order valence-corrected chi connectivity index (χ1v) is 9.24. The molecule has 0 unspecified atom stereocenters. The number of rotatable bonds is 5. The van der Waals surface area contributed by atoms with E-state index in [1.807, 2.05) is 0 Å². The van der Waals surface area contributed by atoms with Crippen LogP contribution in [0.3, 0.4) is 0 Å². The number of sulfonamides is 1. The van der Waals surface area contributed by atoms with Gasteiger partial charge in [-0.2, -0.15) is 5.10 Å². The summed E-state index contributed by atoms with van der Waals surface area (Å²) in [5, 5.41) is 3.93. The first-order valence-electron chi connectivity index (χ1n) is 7.76. The van der Waals surface area contributed by atoms with E-state index < -0.39 is 10.0 Å². The van der Waals surface area contributed by atoms with Crippen LogP contribution in [0.15, 0.2) is 17.3 Å². The Balaban J connectivity index is 1.54. The predicted octanol–water partition coefficient (Wildman–Crippen LogP) is 0.963. The molecule has 0 spiro atoms. The molecule has 1 aliphatic carbocycles. The Morgan fingerprint density at radius 3 is 2.76 bits per heavy atom. The summed E-state index contributed by atoms with van der Waals surface area (Å²) in [5.74, 6) is 0.818. The molecule has 118 valence electrons. The number of likely N-dealkylation sites (tertiary alicyclic amines) is 1. The molecule has 2 fully saturated rings. The SMILES string of the molecule is Cn1cc(S(=O)(=O)N[C@@H]2CCN(CC3CCCC3)C2)cn1. The fourth-order valence-electron chi connectivity index (χ4n) is 3.48. The largest absolute Gasteiger partial charge is 0.301 e. The molecule has 1 aromatic heterocycles. The van der Waals surface area contributed by atoms with Crippen LogP contribution in [-0.2, 0) is 17.1 Å². The Kier molecular flexibility index (Phi) is 4.33. The lowest BCUT2D eigenvalue weighted by atomic mass is 10.1. The summed E-state index contributed by atoms with van der Waals surface area (Å²) in [4.78, 5) is 2.66. The molecular formula is C14H24N4O2S. The smallest absolute Gasteiger partial charge is 0.243 e. The lowest BCUT2D eigenvalue weighted by Gasteiger charge is -2.20. The van der Waals surface area contributed by atoms with E-state index in [9.17, 15) is 8.42 Å². The minimum absolute atomic E-state index is 0.0246. The second-order valence-electron chi connectivity index (χ2n) is 6.37. The monoisotopic (exact) mass is 312 g/mol. The van der Waals surface area contributed by atoms with E-state index in [0.717, 1.165) is 32.0 Å². The second kappa shape index (κ2) is 6.06. The van der Waals surface area contributed by atoms with Crippen LogP contribution in [0.4, 0.5) is 0 Å². The Morgan fingerprint density at radius 2 is 2.10 bits per heavy atom. The minimum Gasteiger partial charge on any atom is -0.301 e. The standard InChI is InChI=1S/C14H24N4O2S/c1-17-11-14(8-15-17)21(19,20)16-13-6-7-18(10-13)9-12-4-2-3-5-12/h8,11-13,16H,2-7,9-10H2,1H3/t13-/m1/s1. The van der Waals surface area contributed by atoms with Gasteiger partial charge < -0.3 is 4.90 Å². The Hall–Kier alpha value is -0.920. The normalized spacial score (nSPS) is 24.9. The van der Waals surface area contributed by atoms with E-state index in [0.29, 0.717) is 0 Å². The third kappa shape index (κ3) is 3.64. The molecule has 7 heteroatoms. The van der Waals surface area contributed by atoms with Gasteiger partial charge >= 0.3 is 0 Å². The highest BCUT2D eigenvalue weighted by Gasteiger charge is 2.29. The third-order valence-corrected chi connectivity index (χ3v) is 6.05. The van der Waals surface area contributed by atoms with Crippen molar-refractivity contribution >= 4 is 10.0 Å². The van der Waals surface area contributed by atoms with Gasteiger partial charge in [0.1, 0.15) is 4.90 Å². The summed E-state index contributed by atoms with van der Waals surface area (Å²) in [6.45, 7) is 2.96. The molecule has 0 radical (unpaired) electrons. The molecule has 0 bridgehead atoms. The highest BCUT2D eigenvalue weighted by molar-refractivity contribution is 7.89. The molecule has 2 heterocycles. The van der Waals surface area contributed by atoms with Crippen molar-refractivity contribution in [3.8, 4) is 0 Å². The van der Waals surface area contributed by atoms with Crippen LogP contribution in [0, 0.1) is 5.92 Å². The van der Waals surface area contributed by atoms with Gasteiger partial charge in [-0.15, -0.1) is 0 Å². The molecule has 1 N–H and O–H groups in total. The number of hydrogen-bond acceptors (Lipinski definition) is 4. The Labute approximate surface area is 126 Å². The summed E-state index contributed by atoms with van der Waals surface area (Å²) in [7, 11) is -1.71. The number of hydrogen-bond donors (Lipinski definition) is 1.